The molecular weight excluding hydrogens is 464 g/mol. The zero-order valence-corrected chi connectivity index (χ0v) is 22.7. The lowest BCUT2D eigenvalue weighted by Gasteiger charge is -2.34. The van der Waals surface area contributed by atoms with Crippen molar-refractivity contribution < 1.29 is 14.9 Å². The quantitative estimate of drug-likeness (QED) is 0.380. The van der Waals surface area contributed by atoms with Gasteiger partial charge in [-0.05, 0) is 58.1 Å². The van der Waals surface area contributed by atoms with Crippen LogP contribution in [0.4, 0.5) is 4.79 Å². The van der Waals surface area contributed by atoms with Crippen LogP contribution in [0.5, 0.6) is 0 Å². The fourth-order valence-corrected chi connectivity index (χ4v) is 4.71. The van der Waals surface area contributed by atoms with Crippen molar-refractivity contribution in [1.29, 1.82) is 0 Å². The van der Waals surface area contributed by atoms with Gasteiger partial charge in [0.25, 0.3) is 5.91 Å². The number of quaternary nitrogens is 1. The number of hydrogen-bond acceptors (Lipinski definition) is 3. The van der Waals surface area contributed by atoms with Gasteiger partial charge in [-0.1, -0.05) is 54.6 Å². The molecule has 1 aliphatic rings. The van der Waals surface area contributed by atoms with Crippen LogP contribution in [0.15, 0.2) is 76.9 Å². The zero-order valence-electron chi connectivity index (χ0n) is 22.7. The van der Waals surface area contributed by atoms with Crippen LogP contribution in [0.1, 0.15) is 48.3 Å². The minimum atomic E-state index is -0.634. The molecule has 196 valence electrons. The lowest BCUT2D eigenvalue weighted by atomic mass is 9.99. The van der Waals surface area contributed by atoms with Crippen LogP contribution in [0.25, 0.3) is 6.08 Å². The number of allylic oxidation sites excluding steroid dienone is 1. The van der Waals surface area contributed by atoms with Crippen molar-refractivity contribution in [3.8, 4) is 0 Å². The Kier molecular flexibility index (Phi) is 9.02. The number of hydrogen-bond donors (Lipinski definition) is 3. The van der Waals surface area contributed by atoms with Crippen LogP contribution in [0.3, 0.4) is 0 Å². The summed E-state index contributed by atoms with van der Waals surface area (Å²) < 4.78 is 0. The number of aliphatic imine (C=N–C) groups is 1. The van der Waals surface area contributed by atoms with E-state index >= 15 is 0 Å². The van der Waals surface area contributed by atoms with E-state index < -0.39 is 11.4 Å². The maximum Gasteiger partial charge on any atom is 0.319 e. The van der Waals surface area contributed by atoms with Crippen molar-refractivity contribution >= 4 is 23.8 Å². The molecule has 0 spiro atoms. The van der Waals surface area contributed by atoms with E-state index in [1.54, 1.807) is 17.0 Å². The van der Waals surface area contributed by atoms with E-state index in [1.165, 1.54) is 0 Å². The fourth-order valence-electron chi connectivity index (χ4n) is 4.71. The summed E-state index contributed by atoms with van der Waals surface area (Å²) in [7, 11) is 5.87. The molecule has 3 amide bonds. The third-order valence-electron chi connectivity index (χ3n) is 6.60. The topological polar surface area (TPSA) is 108 Å². The summed E-state index contributed by atoms with van der Waals surface area (Å²) in [5.41, 5.74) is 9.80. The summed E-state index contributed by atoms with van der Waals surface area (Å²) in [5, 5.41) is 5.14. The largest absolute Gasteiger partial charge is 0.383 e. The summed E-state index contributed by atoms with van der Waals surface area (Å²) in [6.07, 6.45) is 3.90. The summed E-state index contributed by atoms with van der Waals surface area (Å²) >= 11 is 0. The molecule has 0 aromatic heterocycles. The van der Waals surface area contributed by atoms with Crippen LogP contribution >= 0.6 is 0 Å². The number of carbonyl (C=O) groups excluding carboxylic acids is 2. The van der Waals surface area contributed by atoms with Crippen molar-refractivity contribution in [1.82, 2.24) is 15.1 Å². The molecule has 0 bridgehead atoms. The highest BCUT2D eigenvalue weighted by Crippen LogP contribution is 2.31. The first kappa shape index (κ1) is 27.8. The number of rotatable bonds is 8. The number of amidine groups is 1. The van der Waals surface area contributed by atoms with Gasteiger partial charge in [0.15, 0.2) is 0 Å². The van der Waals surface area contributed by atoms with Crippen molar-refractivity contribution in [2.45, 2.75) is 32.4 Å². The minimum absolute atomic E-state index is 0.131. The molecule has 5 N–H and O–H groups in total. The molecule has 1 heterocycles. The molecule has 0 saturated carbocycles. The van der Waals surface area contributed by atoms with E-state index in [1.807, 2.05) is 107 Å². The highest BCUT2D eigenvalue weighted by Gasteiger charge is 2.46. The van der Waals surface area contributed by atoms with Gasteiger partial charge in [0.2, 0.25) is 0 Å². The van der Waals surface area contributed by atoms with Crippen molar-refractivity contribution in [2.75, 3.05) is 34.2 Å². The Morgan fingerprint density at radius 1 is 1.16 bits per heavy atom. The van der Waals surface area contributed by atoms with Gasteiger partial charge in [0.1, 0.15) is 17.1 Å². The molecule has 0 fully saturated rings. The Labute approximate surface area is 219 Å². The molecule has 8 nitrogen and oxygen atoms in total. The summed E-state index contributed by atoms with van der Waals surface area (Å²) in [5.74, 6) is -0.282. The highest BCUT2D eigenvalue weighted by atomic mass is 16.2. The first-order valence-corrected chi connectivity index (χ1v) is 12.5. The Bertz CT molecular complexity index is 1200. The molecule has 37 heavy (non-hydrogen) atoms. The molecule has 0 unspecified atom stereocenters. The summed E-state index contributed by atoms with van der Waals surface area (Å²) in [6, 6.07) is 16.7. The number of carbonyl (C=O) groups is 2. The normalized spacial score (nSPS) is 16.5. The first-order valence-electron chi connectivity index (χ1n) is 12.5. The summed E-state index contributed by atoms with van der Waals surface area (Å²) in [6.45, 7) is 6.81. The number of nitrogens with two attached hydrogens (primary N) is 2. The number of nitrogens with zero attached hydrogens (tertiary/aromatic N) is 3. The predicted molar refractivity (Wildman–Crippen MR) is 149 cm³/mol. The molecule has 0 aliphatic carbocycles. The number of urea groups is 1. The van der Waals surface area contributed by atoms with E-state index in [-0.39, 0.29) is 24.5 Å². The maximum atomic E-state index is 13.6. The first-order chi connectivity index (χ1) is 17.6. The van der Waals surface area contributed by atoms with Gasteiger partial charge in [-0.2, -0.15) is 4.99 Å². The second-order valence-corrected chi connectivity index (χ2v) is 9.93. The standard InChI is InChI=1S/C29H38N6O2/c1-7-11-20-14-16-22(17-15-20)27(36)33-26(30)23-18-35(29(2,3)25(23)31-4)28(37)32-24(19-34(5)6)21-12-9-8-10-13-21/h7-17,24,31H,18-19H2,1-6H3,(H,32,37)(H2,30,33,36)/p+1/b11-7+/t24-/m1/s1. The Hall–Kier alpha value is -3.75. The molecule has 0 radical (unpaired) electrons. The van der Waals surface area contributed by atoms with E-state index in [9.17, 15) is 9.59 Å². The average molecular weight is 504 g/mol. The number of amides is 3. The maximum absolute atomic E-state index is 13.6. The monoisotopic (exact) mass is 503 g/mol. The van der Waals surface area contributed by atoms with Crippen LogP contribution in [0, 0.1) is 0 Å². The Morgan fingerprint density at radius 2 is 1.81 bits per heavy atom. The van der Waals surface area contributed by atoms with E-state index in [4.69, 9.17) is 5.73 Å². The van der Waals surface area contributed by atoms with Crippen LogP contribution in [0.2, 0.25) is 0 Å². The van der Waals surface area contributed by atoms with Crippen LogP contribution < -0.4 is 16.4 Å². The van der Waals surface area contributed by atoms with E-state index in [0.717, 1.165) is 16.8 Å². The SMILES string of the molecule is C/C=C/c1ccc(C(=O)N=C(N)C2=C([NH2+]C)C(C)(C)N(C(=O)N[C@H](CN(C)C)c3ccccc3)C2)cc1. The van der Waals surface area contributed by atoms with Gasteiger partial charge in [0.05, 0.1) is 25.2 Å². The van der Waals surface area contributed by atoms with Gasteiger partial charge in [-0.3, -0.25) is 4.79 Å². The van der Waals surface area contributed by atoms with E-state index in [0.29, 0.717) is 17.7 Å². The Morgan fingerprint density at radius 3 is 2.38 bits per heavy atom. The lowest BCUT2D eigenvalue weighted by molar-refractivity contribution is -0.584. The molecular formula is C29H39N6O2+. The van der Waals surface area contributed by atoms with Gasteiger partial charge in [-0.15, -0.1) is 0 Å². The number of benzene rings is 2. The molecule has 2 aromatic carbocycles. The smallest absolute Gasteiger partial charge is 0.319 e. The third kappa shape index (κ3) is 6.53. The van der Waals surface area contributed by atoms with Gasteiger partial charge in [-0.25, -0.2) is 4.79 Å². The predicted octanol–water partition coefficient (Wildman–Crippen LogP) is 2.77. The van der Waals surface area contributed by atoms with Gasteiger partial charge in [0, 0.05) is 12.1 Å². The second-order valence-electron chi connectivity index (χ2n) is 9.93. The van der Waals surface area contributed by atoms with Crippen molar-refractivity contribution in [3.63, 3.8) is 0 Å². The molecule has 2 aromatic rings. The Balaban J connectivity index is 1.83. The minimum Gasteiger partial charge on any atom is -0.383 e. The molecule has 1 aliphatic heterocycles. The fraction of sp³-hybridized carbons (Fsp3) is 0.345. The molecule has 8 heteroatoms. The zero-order chi connectivity index (χ0) is 27.2. The molecule has 1 atom stereocenters. The van der Waals surface area contributed by atoms with Gasteiger partial charge >= 0.3 is 6.03 Å². The third-order valence-corrected chi connectivity index (χ3v) is 6.60. The average Bonchev–Trinajstić information content (AvgIpc) is 3.14. The van der Waals surface area contributed by atoms with Crippen LogP contribution in [-0.2, 0) is 0 Å². The second kappa shape index (κ2) is 12.0. The molecule has 3 rings (SSSR count). The number of nitrogens with one attached hydrogen (secondary N) is 1. The summed E-state index contributed by atoms with van der Waals surface area (Å²) in [4.78, 5) is 34.4. The highest BCUT2D eigenvalue weighted by molar-refractivity contribution is 6.09. The van der Waals surface area contributed by atoms with Crippen molar-refractivity contribution in [3.05, 3.63) is 88.6 Å². The van der Waals surface area contributed by atoms with Crippen molar-refractivity contribution in [2.24, 2.45) is 10.7 Å². The van der Waals surface area contributed by atoms with Gasteiger partial charge < -0.3 is 26.2 Å². The molecule has 0 saturated heterocycles. The van der Waals surface area contributed by atoms with Crippen LogP contribution in [-0.4, -0.2) is 67.3 Å². The number of likely N-dealkylation sites (N-methyl/N-ethyl adjacent to an activating group) is 2. The van der Waals surface area contributed by atoms with E-state index in [2.05, 4.69) is 10.3 Å². The lowest BCUT2D eigenvalue weighted by Crippen LogP contribution is -2.82.